The molecule has 2 rings (SSSR count). The van der Waals surface area contributed by atoms with Gasteiger partial charge in [0, 0.05) is 32.6 Å². The van der Waals surface area contributed by atoms with Gasteiger partial charge in [-0.2, -0.15) is 0 Å². The lowest BCUT2D eigenvalue weighted by Gasteiger charge is -2.10. The van der Waals surface area contributed by atoms with Crippen LogP contribution in [0, 0.1) is 16.7 Å². The van der Waals surface area contributed by atoms with Crippen LogP contribution in [0.3, 0.4) is 0 Å². The Hall–Kier alpha value is -1.03. The monoisotopic (exact) mass is 251 g/mol. The summed E-state index contributed by atoms with van der Waals surface area (Å²) in [7, 11) is 1.72. The zero-order valence-corrected chi connectivity index (χ0v) is 12.2. The summed E-state index contributed by atoms with van der Waals surface area (Å²) in [4.78, 5) is 4.36. The third-order valence-electron chi connectivity index (χ3n) is 5.04. The fourth-order valence-corrected chi connectivity index (χ4v) is 2.88. The van der Waals surface area contributed by atoms with Gasteiger partial charge in [0.25, 0.3) is 0 Å². The third kappa shape index (κ3) is 2.14. The van der Waals surface area contributed by atoms with Crippen molar-refractivity contribution < 1.29 is 4.74 Å². The van der Waals surface area contributed by atoms with Gasteiger partial charge in [-0.05, 0) is 16.7 Å². The molecule has 1 fully saturated rings. The molecule has 1 heterocycles. The zero-order chi connectivity index (χ0) is 13.4. The minimum atomic E-state index is 0.421. The predicted octanol–water partition coefficient (Wildman–Crippen LogP) is 2.62. The number of methoxy groups -OCH3 is 1. The van der Waals surface area contributed by atoms with E-state index >= 15 is 0 Å². The molecule has 0 bridgehead atoms. The number of rotatable bonds is 6. The van der Waals surface area contributed by atoms with Crippen molar-refractivity contribution in [1.82, 2.24) is 9.55 Å². The van der Waals surface area contributed by atoms with Gasteiger partial charge in [-0.25, -0.2) is 4.98 Å². The highest BCUT2D eigenvalue weighted by Gasteiger charge is 2.64. The molecule has 1 N–H and O–H groups in total. The Labute approximate surface area is 110 Å². The lowest BCUT2D eigenvalue weighted by Crippen LogP contribution is -2.14. The summed E-state index contributed by atoms with van der Waals surface area (Å²) in [5, 5.41) is 3.47. The van der Waals surface area contributed by atoms with E-state index in [2.05, 4.69) is 42.6 Å². The first kappa shape index (κ1) is 13.4. The van der Waals surface area contributed by atoms with E-state index in [1.807, 2.05) is 12.4 Å². The average molecular weight is 251 g/mol. The maximum absolute atomic E-state index is 5.10. The summed E-state index contributed by atoms with van der Waals surface area (Å²) in [5.41, 5.74) is 0.841. The van der Waals surface area contributed by atoms with Crippen molar-refractivity contribution in [1.29, 1.82) is 0 Å². The molecule has 0 atom stereocenters. The van der Waals surface area contributed by atoms with Gasteiger partial charge in [-0.3, -0.25) is 0 Å². The van der Waals surface area contributed by atoms with Crippen LogP contribution in [-0.2, 0) is 11.3 Å². The SMILES string of the molecule is COCCn1ccnc1NCC1C(C)(C)C1(C)C. The van der Waals surface area contributed by atoms with Crippen LogP contribution < -0.4 is 5.32 Å². The molecule has 1 aromatic heterocycles. The van der Waals surface area contributed by atoms with Gasteiger partial charge in [0.15, 0.2) is 0 Å². The molecule has 0 amide bonds. The molecular weight excluding hydrogens is 226 g/mol. The first-order valence-corrected chi connectivity index (χ1v) is 6.65. The standard InChI is InChI=1S/C14H25N3O/c1-13(2)11(14(13,3)4)10-16-12-15-6-7-17(12)8-9-18-5/h6-7,11H,8-10H2,1-5H3,(H,15,16). The molecule has 1 aliphatic rings. The van der Waals surface area contributed by atoms with Gasteiger partial charge < -0.3 is 14.6 Å². The number of imidazole rings is 1. The molecule has 1 aromatic rings. The Morgan fingerprint density at radius 2 is 2.00 bits per heavy atom. The van der Waals surface area contributed by atoms with Crippen molar-refractivity contribution in [2.75, 3.05) is 25.6 Å². The predicted molar refractivity (Wildman–Crippen MR) is 73.6 cm³/mol. The number of aromatic nitrogens is 2. The summed E-state index contributed by atoms with van der Waals surface area (Å²) >= 11 is 0. The number of nitrogens with zero attached hydrogens (tertiary/aromatic N) is 2. The van der Waals surface area contributed by atoms with Crippen LogP contribution in [0.15, 0.2) is 12.4 Å². The molecule has 0 saturated heterocycles. The average Bonchev–Trinajstić information content (AvgIpc) is 2.68. The summed E-state index contributed by atoms with van der Waals surface area (Å²) in [6.45, 7) is 11.9. The lowest BCUT2D eigenvalue weighted by molar-refractivity contribution is 0.187. The number of anilines is 1. The highest BCUT2D eigenvalue weighted by molar-refractivity contribution is 5.28. The van der Waals surface area contributed by atoms with Crippen LogP contribution in [0.25, 0.3) is 0 Å². The van der Waals surface area contributed by atoms with Gasteiger partial charge >= 0.3 is 0 Å². The molecular formula is C14H25N3O. The van der Waals surface area contributed by atoms with E-state index in [0.717, 1.165) is 19.0 Å². The molecule has 1 aliphatic carbocycles. The highest BCUT2D eigenvalue weighted by atomic mass is 16.5. The molecule has 4 heteroatoms. The summed E-state index contributed by atoms with van der Waals surface area (Å²) in [5.74, 6) is 1.66. The Morgan fingerprint density at radius 1 is 1.33 bits per heavy atom. The van der Waals surface area contributed by atoms with Crippen LogP contribution in [-0.4, -0.2) is 29.8 Å². The van der Waals surface area contributed by atoms with Gasteiger partial charge in [-0.1, -0.05) is 27.7 Å². The Morgan fingerprint density at radius 3 is 2.56 bits per heavy atom. The molecule has 1 saturated carbocycles. The van der Waals surface area contributed by atoms with Gasteiger partial charge in [-0.15, -0.1) is 0 Å². The topological polar surface area (TPSA) is 39.1 Å². The Kier molecular flexibility index (Phi) is 3.41. The van der Waals surface area contributed by atoms with Crippen molar-refractivity contribution in [3.05, 3.63) is 12.4 Å². The third-order valence-corrected chi connectivity index (χ3v) is 5.04. The summed E-state index contributed by atoms with van der Waals surface area (Å²) < 4.78 is 7.20. The van der Waals surface area contributed by atoms with E-state index in [-0.39, 0.29) is 0 Å². The quantitative estimate of drug-likeness (QED) is 0.844. The second-order valence-electron chi connectivity index (χ2n) is 6.31. The Balaban J connectivity index is 1.90. The summed E-state index contributed by atoms with van der Waals surface area (Å²) in [6.07, 6.45) is 3.83. The Bertz CT molecular complexity index is 395. The zero-order valence-electron chi connectivity index (χ0n) is 12.2. The maximum atomic E-state index is 5.10. The van der Waals surface area contributed by atoms with Crippen LogP contribution in [0.5, 0.6) is 0 Å². The maximum Gasteiger partial charge on any atom is 0.202 e. The van der Waals surface area contributed by atoms with Crippen LogP contribution in [0.1, 0.15) is 27.7 Å². The molecule has 102 valence electrons. The van der Waals surface area contributed by atoms with Crippen LogP contribution in [0.2, 0.25) is 0 Å². The van der Waals surface area contributed by atoms with Gasteiger partial charge in [0.2, 0.25) is 5.95 Å². The van der Waals surface area contributed by atoms with E-state index in [4.69, 9.17) is 4.74 Å². The van der Waals surface area contributed by atoms with Crippen LogP contribution >= 0.6 is 0 Å². The number of hydrogen-bond donors (Lipinski definition) is 1. The fraction of sp³-hybridized carbons (Fsp3) is 0.786. The van der Waals surface area contributed by atoms with Crippen molar-refractivity contribution in [3.63, 3.8) is 0 Å². The lowest BCUT2D eigenvalue weighted by atomic mass is 10.0. The molecule has 0 radical (unpaired) electrons. The van der Waals surface area contributed by atoms with Crippen molar-refractivity contribution in [2.45, 2.75) is 34.2 Å². The number of hydrogen-bond acceptors (Lipinski definition) is 3. The largest absolute Gasteiger partial charge is 0.383 e. The van der Waals surface area contributed by atoms with Gasteiger partial charge in [0.1, 0.15) is 0 Å². The first-order chi connectivity index (χ1) is 8.41. The van der Waals surface area contributed by atoms with E-state index in [1.54, 1.807) is 7.11 Å². The molecule has 0 aromatic carbocycles. The molecule has 18 heavy (non-hydrogen) atoms. The number of ether oxygens (including phenoxy) is 1. The van der Waals surface area contributed by atoms with Crippen LogP contribution in [0.4, 0.5) is 5.95 Å². The minimum Gasteiger partial charge on any atom is -0.383 e. The van der Waals surface area contributed by atoms with Crippen molar-refractivity contribution >= 4 is 5.95 Å². The van der Waals surface area contributed by atoms with Gasteiger partial charge in [0.05, 0.1) is 6.61 Å². The minimum absolute atomic E-state index is 0.421. The first-order valence-electron chi connectivity index (χ1n) is 6.65. The summed E-state index contributed by atoms with van der Waals surface area (Å²) in [6, 6.07) is 0. The smallest absolute Gasteiger partial charge is 0.202 e. The normalized spacial score (nSPS) is 20.9. The van der Waals surface area contributed by atoms with E-state index in [9.17, 15) is 0 Å². The van der Waals surface area contributed by atoms with E-state index < -0.39 is 0 Å². The van der Waals surface area contributed by atoms with Crippen molar-refractivity contribution in [3.8, 4) is 0 Å². The second kappa shape index (κ2) is 4.57. The fourth-order valence-electron chi connectivity index (χ4n) is 2.88. The molecule has 0 unspecified atom stereocenters. The molecule has 0 aliphatic heterocycles. The van der Waals surface area contributed by atoms with E-state index in [0.29, 0.717) is 23.4 Å². The molecule has 0 spiro atoms. The highest BCUT2D eigenvalue weighted by Crippen LogP contribution is 2.68. The second-order valence-corrected chi connectivity index (χ2v) is 6.31. The van der Waals surface area contributed by atoms with E-state index in [1.165, 1.54) is 0 Å². The van der Waals surface area contributed by atoms with Crippen molar-refractivity contribution in [2.24, 2.45) is 16.7 Å². The number of nitrogens with one attached hydrogen (secondary N) is 1. The molecule has 4 nitrogen and oxygen atoms in total.